The van der Waals surface area contributed by atoms with E-state index in [0.29, 0.717) is 16.7 Å². The average molecular weight is 519 g/mol. The van der Waals surface area contributed by atoms with Crippen LogP contribution in [-0.2, 0) is 4.74 Å². The molecule has 0 radical (unpaired) electrons. The molecule has 10 heteroatoms. The maximum atomic E-state index is 13.5. The zero-order valence-corrected chi connectivity index (χ0v) is 20.6. The lowest BCUT2D eigenvalue weighted by molar-refractivity contribution is 0.0376. The average Bonchev–Trinajstić information content (AvgIpc) is 3.19. The van der Waals surface area contributed by atoms with E-state index in [1.165, 1.54) is 23.5 Å². The van der Waals surface area contributed by atoms with Crippen molar-refractivity contribution in [2.75, 3.05) is 44.3 Å². The van der Waals surface area contributed by atoms with Gasteiger partial charge in [0.25, 0.3) is 5.91 Å². The molecule has 2 aromatic carbocycles. The molecule has 1 aliphatic rings. The first-order chi connectivity index (χ1) is 14.9. The van der Waals surface area contributed by atoms with E-state index < -0.39 is 5.82 Å². The van der Waals surface area contributed by atoms with Crippen molar-refractivity contribution >= 4 is 68.2 Å². The number of thiazole rings is 1. The standard InChI is InChI=1S/C22H22Cl2FN3O2S.ClH/c1-14-17(23)5-6-19-20(14)26-22(31-19)28(8-2-7-27-9-11-30-12-10-27)21(29)16-4-3-15(25)13-18(16)24;/h3-6,13H,2,7-12H2,1H3;1H. The van der Waals surface area contributed by atoms with Gasteiger partial charge in [0.15, 0.2) is 5.13 Å². The van der Waals surface area contributed by atoms with E-state index in [9.17, 15) is 9.18 Å². The highest BCUT2D eigenvalue weighted by atomic mass is 35.5. The molecule has 4 rings (SSSR count). The summed E-state index contributed by atoms with van der Waals surface area (Å²) in [6, 6.07) is 7.57. The number of aryl methyl sites for hydroxylation is 1. The number of aromatic nitrogens is 1. The molecule has 0 atom stereocenters. The van der Waals surface area contributed by atoms with Gasteiger partial charge >= 0.3 is 0 Å². The van der Waals surface area contributed by atoms with E-state index in [-0.39, 0.29) is 28.9 Å². The van der Waals surface area contributed by atoms with E-state index in [4.69, 9.17) is 32.9 Å². The number of hydrogen-bond acceptors (Lipinski definition) is 5. The van der Waals surface area contributed by atoms with Crippen LogP contribution in [0.1, 0.15) is 22.3 Å². The monoisotopic (exact) mass is 517 g/mol. The van der Waals surface area contributed by atoms with E-state index in [1.807, 2.05) is 19.1 Å². The van der Waals surface area contributed by atoms with Crippen LogP contribution >= 0.6 is 46.9 Å². The van der Waals surface area contributed by atoms with Crippen molar-refractivity contribution in [2.45, 2.75) is 13.3 Å². The maximum Gasteiger partial charge on any atom is 0.261 e. The van der Waals surface area contributed by atoms with Crippen LogP contribution in [-0.4, -0.2) is 55.2 Å². The second-order valence-electron chi connectivity index (χ2n) is 7.40. The SMILES string of the molecule is Cc1c(Cl)ccc2sc(N(CCCN3CCOCC3)C(=O)c3ccc(F)cc3Cl)nc12.Cl. The predicted octanol–water partition coefficient (Wildman–Crippen LogP) is 5.84. The molecular weight excluding hydrogens is 496 g/mol. The molecule has 3 aromatic rings. The molecule has 1 aromatic heterocycles. The zero-order chi connectivity index (χ0) is 22.0. The van der Waals surface area contributed by atoms with Gasteiger partial charge in [0, 0.05) is 31.2 Å². The lowest BCUT2D eigenvalue weighted by Crippen LogP contribution is -2.39. The second kappa shape index (κ2) is 11.1. The quantitative estimate of drug-likeness (QED) is 0.411. The third-order valence-electron chi connectivity index (χ3n) is 5.33. The molecule has 0 bridgehead atoms. The van der Waals surface area contributed by atoms with Crippen LogP contribution in [0.3, 0.4) is 0 Å². The highest BCUT2D eigenvalue weighted by molar-refractivity contribution is 7.22. The van der Waals surface area contributed by atoms with E-state index >= 15 is 0 Å². The summed E-state index contributed by atoms with van der Waals surface area (Å²) in [4.78, 5) is 22.1. The number of anilines is 1. The van der Waals surface area contributed by atoms with Crippen molar-refractivity contribution in [3.63, 3.8) is 0 Å². The normalized spacial score (nSPS) is 14.4. The van der Waals surface area contributed by atoms with Crippen molar-refractivity contribution in [2.24, 2.45) is 0 Å². The summed E-state index contributed by atoms with van der Waals surface area (Å²) in [6.07, 6.45) is 0.764. The molecule has 172 valence electrons. The topological polar surface area (TPSA) is 45.7 Å². The van der Waals surface area contributed by atoms with Crippen LogP contribution in [0.2, 0.25) is 10.0 Å². The fraction of sp³-hybridized carbons (Fsp3) is 0.364. The largest absolute Gasteiger partial charge is 0.379 e. The van der Waals surface area contributed by atoms with Crippen LogP contribution in [0.15, 0.2) is 30.3 Å². The number of carbonyl (C=O) groups excluding carboxylic acids is 1. The highest BCUT2D eigenvalue weighted by Gasteiger charge is 2.24. The van der Waals surface area contributed by atoms with Gasteiger partial charge in [0.05, 0.1) is 34.0 Å². The smallest absolute Gasteiger partial charge is 0.261 e. The fourth-order valence-electron chi connectivity index (χ4n) is 3.57. The van der Waals surface area contributed by atoms with Crippen molar-refractivity contribution in [1.29, 1.82) is 0 Å². The minimum atomic E-state index is -0.481. The summed E-state index contributed by atoms with van der Waals surface area (Å²) >= 11 is 13.9. The number of benzene rings is 2. The number of hydrogen-bond donors (Lipinski definition) is 0. The van der Waals surface area contributed by atoms with Gasteiger partial charge in [-0.25, -0.2) is 9.37 Å². The number of morpholine rings is 1. The molecule has 32 heavy (non-hydrogen) atoms. The summed E-state index contributed by atoms with van der Waals surface area (Å²) in [7, 11) is 0. The van der Waals surface area contributed by atoms with Gasteiger partial charge in [-0.3, -0.25) is 14.6 Å². The van der Waals surface area contributed by atoms with Gasteiger partial charge in [-0.2, -0.15) is 0 Å². The molecule has 0 aliphatic carbocycles. The number of fused-ring (bicyclic) bond motifs is 1. The van der Waals surface area contributed by atoms with Crippen LogP contribution < -0.4 is 4.90 Å². The first-order valence-corrected chi connectivity index (χ1v) is 11.6. The van der Waals surface area contributed by atoms with Crippen LogP contribution in [0.4, 0.5) is 9.52 Å². The highest BCUT2D eigenvalue weighted by Crippen LogP contribution is 2.34. The third-order valence-corrected chi connectivity index (χ3v) is 7.10. The Morgan fingerprint density at radius 2 is 1.97 bits per heavy atom. The summed E-state index contributed by atoms with van der Waals surface area (Å²) in [6.45, 7) is 6.46. The molecular formula is C22H23Cl3FN3O2S. The molecule has 1 amide bonds. The molecule has 5 nitrogen and oxygen atoms in total. The Morgan fingerprint density at radius 3 is 2.69 bits per heavy atom. The number of nitrogens with zero attached hydrogens (tertiary/aromatic N) is 3. The van der Waals surface area contributed by atoms with Crippen molar-refractivity contribution in [1.82, 2.24) is 9.88 Å². The van der Waals surface area contributed by atoms with Gasteiger partial charge in [-0.1, -0.05) is 34.5 Å². The van der Waals surface area contributed by atoms with Gasteiger partial charge in [0.2, 0.25) is 0 Å². The first kappa shape index (κ1) is 25.1. The zero-order valence-electron chi connectivity index (χ0n) is 17.4. The maximum absolute atomic E-state index is 13.5. The fourth-order valence-corrected chi connectivity index (χ4v) is 5.02. The predicted molar refractivity (Wildman–Crippen MR) is 132 cm³/mol. The molecule has 1 fully saturated rings. The number of carbonyl (C=O) groups is 1. The number of rotatable bonds is 6. The number of halogens is 4. The minimum absolute atomic E-state index is 0. The van der Waals surface area contributed by atoms with Gasteiger partial charge in [-0.15, -0.1) is 12.4 Å². The molecule has 0 unspecified atom stereocenters. The van der Waals surface area contributed by atoms with Crippen LogP contribution in [0, 0.1) is 12.7 Å². The Balaban J connectivity index is 0.00000289. The molecule has 1 saturated heterocycles. The first-order valence-electron chi connectivity index (χ1n) is 10.1. The van der Waals surface area contributed by atoms with E-state index in [1.54, 1.807) is 4.90 Å². The second-order valence-corrected chi connectivity index (χ2v) is 9.23. The lowest BCUT2D eigenvalue weighted by Gasteiger charge is -2.27. The molecule has 1 aliphatic heterocycles. The Hall–Kier alpha value is -1.48. The number of amides is 1. The Bertz CT molecular complexity index is 1110. The summed E-state index contributed by atoms with van der Waals surface area (Å²) in [5.41, 5.74) is 1.91. The van der Waals surface area contributed by atoms with Crippen molar-refractivity contribution in [3.05, 3.63) is 57.3 Å². The van der Waals surface area contributed by atoms with Crippen LogP contribution in [0.25, 0.3) is 10.2 Å². The van der Waals surface area contributed by atoms with Crippen molar-refractivity contribution in [3.8, 4) is 0 Å². The minimum Gasteiger partial charge on any atom is -0.379 e. The Morgan fingerprint density at radius 1 is 1.22 bits per heavy atom. The third kappa shape index (κ3) is 5.53. The van der Waals surface area contributed by atoms with E-state index in [2.05, 4.69) is 4.90 Å². The molecule has 0 N–H and O–H groups in total. The summed E-state index contributed by atoms with van der Waals surface area (Å²) in [5.74, 6) is -0.777. The van der Waals surface area contributed by atoms with Gasteiger partial charge in [0.1, 0.15) is 5.82 Å². The summed E-state index contributed by atoms with van der Waals surface area (Å²) in [5, 5.41) is 1.30. The van der Waals surface area contributed by atoms with Gasteiger partial charge < -0.3 is 4.74 Å². The number of ether oxygens (including phenoxy) is 1. The Labute approximate surface area is 206 Å². The van der Waals surface area contributed by atoms with E-state index in [0.717, 1.165) is 61.1 Å². The molecule has 2 heterocycles. The van der Waals surface area contributed by atoms with Crippen LogP contribution in [0.5, 0.6) is 0 Å². The lowest BCUT2D eigenvalue weighted by atomic mass is 10.2. The molecule has 0 saturated carbocycles. The molecule has 0 spiro atoms. The Kier molecular flexibility index (Phi) is 8.72. The van der Waals surface area contributed by atoms with Crippen molar-refractivity contribution < 1.29 is 13.9 Å². The summed E-state index contributed by atoms with van der Waals surface area (Å²) < 4.78 is 19.9. The van der Waals surface area contributed by atoms with Gasteiger partial charge in [-0.05, 0) is 49.2 Å².